The fourth-order valence-electron chi connectivity index (χ4n) is 2.94. The Kier molecular flexibility index (Phi) is 5.41. The summed E-state index contributed by atoms with van der Waals surface area (Å²) in [6.07, 6.45) is 2.12. The SMILES string of the molecule is COc1cc(OC)cc(C(=O)Nc2ccc(C(=O)N3CCCC3)cc2)c1. The molecule has 2 aromatic rings. The van der Waals surface area contributed by atoms with Crippen LogP contribution in [0.1, 0.15) is 33.6 Å². The van der Waals surface area contributed by atoms with Gasteiger partial charge in [0.25, 0.3) is 11.8 Å². The van der Waals surface area contributed by atoms with E-state index in [0.717, 1.165) is 25.9 Å². The van der Waals surface area contributed by atoms with Gasteiger partial charge in [0, 0.05) is 36.0 Å². The summed E-state index contributed by atoms with van der Waals surface area (Å²) < 4.78 is 10.4. The number of benzene rings is 2. The molecule has 0 spiro atoms. The van der Waals surface area contributed by atoms with Gasteiger partial charge >= 0.3 is 0 Å². The topological polar surface area (TPSA) is 67.9 Å². The van der Waals surface area contributed by atoms with Gasteiger partial charge < -0.3 is 19.7 Å². The fourth-order valence-corrected chi connectivity index (χ4v) is 2.94. The summed E-state index contributed by atoms with van der Waals surface area (Å²) in [6.45, 7) is 1.63. The second-order valence-electron chi connectivity index (χ2n) is 6.13. The molecular weight excluding hydrogens is 332 g/mol. The van der Waals surface area contributed by atoms with Crippen LogP contribution in [0.5, 0.6) is 11.5 Å². The van der Waals surface area contributed by atoms with Crippen molar-refractivity contribution >= 4 is 17.5 Å². The van der Waals surface area contributed by atoms with Gasteiger partial charge in [0.2, 0.25) is 0 Å². The summed E-state index contributed by atoms with van der Waals surface area (Å²) in [4.78, 5) is 26.7. The maximum Gasteiger partial charge on any atom is 0.255 e. The average Bonchev–Trinajstić information content (AvgIpc) is 3.22. The number of methoxy groups -OCH3 is 2. The summed E-state index contributed by atoms with van der Waals surface area (Å²) in [5, 5.41) is 2.82. The van der Waals surface area contributed by atoms with Crippen molar-refractivity contribution in [2.45, 2.75) is 12.8 Å². The fraction of sp³-hybridized carbons (Fsp3) is 0.300. The highest BCUT2D eigenvalue weighted by Crippen LogP contribution is 2.23. The van der Waals surface area contributed by atoms with Crippen LogP contribution in [0.3, 0.4) is 0 Å². The Morgan fingerprint density at radius 3 is 2.00 bits per heavy atom. The van der Waals surface area contributed by atoms with Gasteiger partial charge in [0.05, 0.1) is 14.2 Å². The number of carbonyl (C=O) groups is 2. The van der Waals surface area contributed by atoms with E-state index in [2.05, 4.69) is 5.32 Å². The van der Waals surface area contributed by atoms with Gasteiger partial charge in [-0.25, -0.2) is 0 Å². The van der Waals surface area contributed by atoms with Crippen molar-refractivity contribution in [3.63, 3.8) is 0 Å². The lowest BCUT2D eigenvalue weighted by Gasteiger charge is -2.15. The molecule has 0 atom stereocenters. The third-order valence-corrected chi connectivity index (χ3v) is 4.40. The number of nitrogens with zero attached hydrogens (tertiary/aromatic N) is 1. The smallest absolute Gasteiger partial charge is 0.255 e. The normalized spacial score (nSPS) is 13.4. The number of rotatable bonds is 5. The van der Waals surface area contributed by atoms with Gasteiger partial charge in [-0.15, -0.1) is 0 Å². The van der Waals surface area contributed by atoms with Crippen LogP contribution in [0.15, 0.2) is 42.5 Å². The highest BCUT2D eigenvalue weighted by atomic mass is 16.5. The van der Waals surface area contributed by atoms with E-state index < -0.39 is 0 Å². The third kappa shape index (κ3) is 3.96. The van der Waals surface area contributed by atoms with Crippen LogP contribution in [0.4, 0.5) is 5.69 Å². The molecule has 0 aromatic heterocycles. The molecule has 1 N–H and O–H groups in total. The zero-order valence-corrected chi connectivity index (χ0v) is 15.0. The van der Waals surface area contributed by atoms with Crippen molar-refractivity contribution in [3.8, 4) is 11.5 Å². The molecule has 1 aliphatic rings. The molecule has 0 aliphatic carbocycles. The Hall–Kier alpha value is -3.02. The lowest BCUT2D eigenvalue weighted by atomic mass is 10.1. The Balaban J connectivity index is 1.70. The predicted octanol–water partition coefficient (Wildman–Crippen LogP) is 3.19. The highest BCUT2D eigenvalue weighted by Gasteiger charge is 2.19. The number of amides is 2. The van der Waals surface area contributed by atoms with Gasteiger partial charge in [0.15, 0.2) is 0 Å². The summed E-state index contributed by atoms with van der Waals surface area (Å²) in [5.74, 6) is 0.848. The first-order valence-corrected chi connectivity index (χ1v) is 8.54. The zero-order valence-electron chi connectivity index (χ0n) is 15.0. The molecule has 0 radical (unpaired) electrons. The van der Waals surface area contributed by atoms with E-state index in [1.165, 1.54) is 14.2 Å². The molecule has 6 nitrogen and oxygen atoms in total. The van der Waals surface area contributed by atoms with Gasteiger partial charge in [-0.2, -0.15) is 0 Å². The number of anilines is 1. The van der Waals surface area contributed by atoms with Crippen molar-refractivity contribution in [1.82, 2.24) is 4.90 Å². The molecule has 2 aromatic carbocycles. The Morgan fingerprint density at radius 2 is 1.46 bits per heavy atom. The lowest BCUT2D eigenvalue weighted by molar-refractivity contribution is 0.0792. The van der Waals surface area contributed by atoms with E-state index in [9.17, 15) is 9.59 Å². The van der Waals surface area contributed by atoms with Crippen molar-refractivity contribution in [3.05, 3.63) is 53.6 Å². The summed E-state index contributed by atoms with van der Waals surface area (Å²) in [5.41, 5.74) is 1.68. The molecule has 2 amide bonds. The second kappa shape index (κ2) is 7.91. The summed E-state index contributed by atoms with van der Waals surface area (Å²) >= 11 is 0. The number of likely N-dealkylation sites (tertiary alicyclic amines) is 1. The first-order chi connectivity index (χ1) is 12.6. The Bertz CT molecular complexity index is 774. The minimum absolute atomic E-state index is 0.0397. The molecule has 3 rings (SSSR count). The molecule has 0 unspecified atom stereocenters. The number of ether oxygens (including phenoxy) is 2. The van der Waals surface area contributed by atoms with Crippen molar-refractivity contribution in [2.24, 2.45) is 0 Å². The minimum Gasteiger partial charge on any atom is -0.497 e. The van der Waals surface area contributed by atoms with Crippen LogP contribution >= 0.6 is 0 Å². The molecule has 0 bridgehead atoms. The van der Waals surface area contributed by atoms with E-state index in [-0.39, 0.29) is 11.8 Å². The minimum atomic E-state index is -0.277. The van der Waals surface area contributed by atoms with Crippen LogP contribution in [-0.4, -0.2) is 44.0 Å². The molecule has 136 valence electrons. The van der Waals surface area contributed by atoms with E-state index in [0.29, 0.717) is 28.3 Å². The number of hydrogen-bond acceptors (Lipinski definition) is 4. The molecule has 1 saturated heterocycles. The average molecular weight is 354 g/mol. The first kappa shape index (κ1) is 17.8. The number of nitrogens with one attached hydrogen (secondary N) is 1. The summed E-state index contributed by atoms with van der Waals surface area (Å²) in [7, 11) is 3.07. The molecular formula is C20H22N2O4. The second-order valence-corrected chi connectivity index (χ2v) is 6.13. The molecule has 0 saturated carbocycles. The third-order valence-electron chi connectivity index (χ3n) is 4.40. The lowest BCUT2D eigenvalue weighted by Crippen LogP contribution is -2.27. The summed E-state index contributed by atoms with van der Waals surface area (Å²) in [6, 6.07) is 11.9. The highest BCUT2D eigenvalue weighted by molar-refractivity contribution is 6.05. The van der Waals surface area contributed by atoms with Crippen molar-refractivity contribution in [2.75, 3.05) is 32.6 Å². The zero-order chi connectivity index (χ0) is 18.5. The molecule has 6 heteroatoms. The molecule has 1 heterocycles. The number of hydrogen-bond donors (Lipinski definition) is 1. The Labute approximate surface area is 152 Å². The van der Waals surface area contributed by atoms with E-state index in [1.807, 2.05) is 4.90 Å². The van der Waals surface area contributed by atoms with Crippen LogP contribution in [0, 0.1) is 0 Å². The number of carbonyl (C=O) groups excluding carboxylic acids is 2. The van der Waals surface area contributed by atoms with Crippen LogP contribution in [0.25, 0.3) is 0 Å². The largest absolute Gasteiger partial charge is 0.497 e. The molecule has 26 heavy (non-hydrogen) atoms. The van der Waals surface area contributed by atoms with E-state index in [1.54, 1.807) is 42.5 Å². The van der Waals surface area contributed by atoms with Gasteiger partial charge in [-0.05, 0) is 49.2 Å². The van der Waals surface area contributed by atoms with E-state index >= 15 is 0 Å². The van der Waals surface area contributed by atoms with E-state index in [4.69, 9.17) is 9.47 Å². The monoisotopic (exact) mass is 354 g/mol. The Morgan fingerprint density at radius 1 is 0.885 bits per heavy atom. The van der Waals surface area contributed by atoms with Gasteiger partial charge in [-0.1, -0.05) is 0 Å². The van der Waals surface area contributed by atoms with Crippen LogP contribution in [-0.2, 0) is 0 Å². The maximum absolute atomic E-state index is 12.5. The van der Waals surface area contributed by atoms with Crippen molar-refractivity contribution in [1.29, 1.82) is 0 Å². The van der Waals surface area contributed by atoms with Crippen LogP contribution < -0.4 is 14.8 Å². The standard InChI is InChI=1S/C20H22N2O4/c1-25-17-11-15(12-18(13-17)26-2)19(23)21-16-7-5-14(6-8-16)20(24)22-9-3-4-10-22/h5-8,11-13H,3-4,9-10H2,1-2H3,(H,21,23). The molecule has 1 aliphatic heterocycles. The van der Waals surface area contributed by atoms with Gasteiger partial charge in [-0.3, -0.25) is 9.59 Å². The first-order valence-electron chi connectivity index (χ1n) is 8.54. The van der Waals surface area contributed by atoms with Crippen molar-refractivity contribution < 1.29 is 19.1 Å². The predicted molar refractivity (Wildman–Crippen MR) is 99.1 cm³/mol. The van der Waals surface area contributed by atoms with Gasteiger partial charge in [0.1, 0.15) is 11.5 Å². The molecule has 1 fully saturated rings. The van der Waals surface area contributed by atoms with Crippen LogP contribution in [0.2, 0.25) is 0 Å². The maximum atomic E-state index is 12.5. The quantitative estimate of drug-likeness (QED) is 0.895.